The Labute approximate surface area is 137 Å². The second-order valence-corrected chi connectivity index (χ2v) is 7.01. The van der Waals surface area contributed by atoms with E-state index in [1.54, 1.807) is 0 Å². The molecule has 22 heavy (non-hydrogen) atoms. The highest BCUT2D eigenvalue weighted by atomic mass is 16.6. The fourth-order valence-electron chi connectivity index (χ4n) is 2.64. The number of rotatable bonds is 9. The van der Waals surface area contributed by atoms with E-state index in [1.807, 2.05) is 27.7 Å². The van der Waals surface area contributed by atoms with Crippen molar-refractivity contribution >= 4 is 6.09 Å². The van der Waals surface area contributed by atoms with E-state index in [-0.39, 0.29) is 18.2 Å². The van der Waals surface area contributed by atoms with Crippen molar-refractivity contribution in [1.29, 1.82) is 0 Å². The zero-order valence-electron chi connectivity index (χ0n) is 15.6. The number of carbonyl (C=O) groups is 1. The Morgan fingerprint density at radius 2 is 1.77 bits per heavy atom. The zero-order chi connectivity index (χ0) is 17.3. The van der Waals surface area contributed by atoms with Crippen molar-refractivity contribution in [1.82, 2.24) is 10.2 Å². The Bertz CT molecular complexity index is 312. The predicted octanol–water partition coefficient (Wildman–Crippen LogP) is 2.99. The molecule has 0 rings (SSSR count). The van der Waals surface area contributed by atoms with E-state index >= 15 is 0 Å². The molecule has 0 bridgehead atoms. The molecule has 2 unspecified atom stereocenters. The van der Waals surface area contributed by atoms with Gasteiger partial charge in [-0.2, -0.15) is 0 Å². The third-order valence-electron chi connectivity index (χ3n) is 4.09. The summed E-state index contributed by atoms with van der Waals surface area (Å²) in [6.45, 7) is 16.6. The van der Waals surface area contributed by atoms with Gasteiger partial charge in [0.25, 0.3) is 0 Å². The fraction of sp³-hybridized carbons (Fsp3) is 0.941. The molecule has 0 fully saturated rings. The first-order chi connectivity index (χ1) is 10.2. The van der Waals surface area contributed by atoms with Gasteiger partial charge in [0.2, 0.25) is 0 Å². The van der Waals surface area contributed by atoms with E-state index in [9.17, 15) is 4.79 Å². The maximum absolute atomic E-state index is 11.9. The summed E-state index contributed by atoms with van der Waals surface area (Å²) in [7, 11) is 0. The van der Waals surface area contributed by atoms with E-state index in [4.69, 9.17) is 10.5 Å². The quantitative estimate of drug-likeness (QED) is 0.686. The van der Waals surface area contributed by atoms with Gasteiger partial charge in [0.15, 0.2) is 0 Å². The molecule has 0 radical (unpaired) electrons. The van der Waals surface area contributed by atoms with E-state index in [0.717, 1.165) is 25.9 Å². The summed E-state index contributed by atoms with van der Waals surface area (Å²) in [5.74, 6) is 0.669. The van der Waals surface area contributed by atoms with Crippen LogP contribution < -0.4 is 11.1 Å². The molecule has 1 amide bonds. The molecule has 0 aromatic carbocycles. The predicted molar refractivity (Wildman–Crippen MR) is 93.0 cm³/mol. The highest BCUT2D eigenvalue weighted by Crippen LogP contribution is 2.14. The molecule has 0 aliphatic carbocycles. The van der Waals surface area contributed by atoms with Gasteiger partial charge in [-0.25, -0.2) is 4.79 Å². The van der Waals surface area contributed by atoms with E-state index in [2.05, 4.69) is 31.0 Å². The van der Waals surface area contributed by atoms with Crippen LogP contribution in [0, 0.1) is 5.92 Å². The minimum Gasteiger partial charge on any atom is -0.444 e. The van der Waals surface area contributed by atoms with Crippen LogP contribution in [0.1, 0.15) is 61.3 Å². The van der Waals surface area contributed by atoms with Crippen LogP contribution in [0.25, 0.3) is 0 Å². The summed E-state index contributed by atoms with van der Waals surface area (Å²) in [5.41, 5.74) is 5.49. The molecular weight excluding hydrogens is 278 g/mol. The van der Waals surface area contributed by atoms with Crippen LogP contribution in [-0.4, -0.2) is 48.3 Å². The Morgan fingerprint density at radius 3 is 2.14 bits per heavy atom. The van der Waals surface area contributed by atoms with Crippen molar-refractivity contribution in [2.45, 2.75) is 79.0 Å². The van der Waals surface area contributed by atoms with Crippen molar-refractivity contribution in [3.8, 4) is 0 Å². The number of hydrogen-bond donors (Lipinski definition) is 2. The smallest absolute Gasteiger partial charge is 0.407 e. The fourth-order valence-corrected chi connectivity index (χ4v) is 2.64. The standard InChI is InChI=1S/C17H37N3O2/c1-8-14(9-2)12-20(10-3)15(11-18)13(4)19-16(21)22-17(5,6)7/h13-15H,8-12,18H2,1-7H3,(H,19,21). The van der Waals surface area contributed by atoms with Crippen LogP contribution in [0.3, 0.4) is 0 Å². The van der Waals surface area contributed by atoms with Crippen LogP contribution in [0.15, 0.2) is 0 Å². The maximum Gasteiger partial charge on any atom is 0.407 e. The van der Waals surface area contributed by atoms with Crippen molar-refractivity contribution in [3.63, 3.8) is 0 Å². The molecule has 5 nitrogen and oxygen atoms in total. The molecule has 0 aliphatic heterocycles. The van der Waals surface area contributed by atoms with Gasteiger partial charge in [-0.1, -0.05) is 33.6 Å². The molecular formula is C17H37N3O2. The zero-order valence-corrected chi connectivity index (χ0v) is 15.6. The van der Waals surface area contributed by atoms with Gasteiger partial charge < -0.3 is 15.8 Å². The minimum absolute atomic E-state index is 0.0471. The number of ether oxygens (including phenoxy) is 1. The molecule has 2 atom stereocenters. The number of likely N-dealkylation sites (N-methyl/N-ethyl adjacent to an activating group) is 1. The Balaban J connectivity index is 4.72. The van der Waals surface area contributed by atoms with Crippen molar-refractivity contribution < 1.29 is 9.53 Å². The highest BCUT2D eigenvalue weighted by molar-refractivity contribution is 5.68. The van der Waals surface area contributed by atoms with E-state index in [0.29, 0.717) is 12.5 Å². The minimum atomic E-state index is -0.484. The average molecular weight is 316 g/mol. The van der Waals surface area contributed by atoms with Crippen LogP contribution >= 0.6 is 0 Å². The number of nitrogens with one attached hydrogen (secondary N) is 1. The van der Waals surface area contributed by atoms with Gasteiger partial charge in [0.05, 0.1) is 0 Å². The van der Waals surface area contributed by atoms with Crippen molar-refractivity contribution in [2.75, 3.05) is 19.6 Å². The summed E-state index contributed by atoms with van der Waals surface area (Å²) in [5, 5.41) is 2.93. The number of carbonyl (C=O) groups excluding carboxylic acids is 1. The first-order valence-corrected chi connectivity index (χ1v) is 8.61. The van der Waals surface area contributed by atoms with Crippen LogP contribution in [0.5, 0.6) is 0 Å². The third kappa shape index (κ3) is 7.99. The molecule has 3 N–H and O–H groups in total. The van der Waals surface area contributed by atoms with Gasteiger partial charge in [0, 0.05) is 25.2 Å². The second-order valence-electron chi connectivity index (χ2n) is 7.01. The van der Waals surface area contributed by atoms with Crippen LogP contribution in [0.2, 0.25) is 0 Å². The first-order valence-electron chi connectivity index (χ1n) is 8.61. The monoisotopic (exact) mass is 315 g/mol. The van der Waals surface area contributed by atoms with Crippen LogP contribution in [-0.2, 0) is 4.74 Å². The number of nitrogens with two attached hydrogens (primary N) is 1. The molecule has 132 valence electrons. The number of nitrogens with zero attached hydrogens (tertiary/aromatic N) is 1. The van der Waals surface area contributed by atoms with E-state index < -0.39 is 5.60 Å². The summed E-state index contributed by atoms with van der Waals surface area (Å²) in [6.07, 6.45) is 1.95. The molecule has 0 heterocycles. The van der Waals surface area contributed by atoms with Crippen molar-refractivity contribution in [3.05, 3.63) is 0 Å². The van der Waals surface area contributed by atoms with Crippen molar-refractivity contribution in [2.24, 2.45) is 11.7 Å². The first kappa shape index (κ1) is 21.2. The molecule has 5 heteroatoms. The normalized spacial score (nSPS) is 15.0. The molecule has 0 aromatic rings. The highest BCUT2D eigenvalue weighted by Gasteiger charge is 2.26. The lowest BCUT2D eigenvalue weighted by molar-refractivity contribution is 0.0464. The topological polar surface area (TPSA) is 67.6 Å². The van der Waals surface area contributed by atoms with Crippen LogP contribution in [0.4, 0.5) is 4.79 Å². The Kier molecular flexibility index (Phi) is 9.69. The number of hydrogen-bond acceptors (Lipinski definition) is 4. The molecule has 0 saturated heterocycles. The lowest BCUT2D eigenvalue weighted by atomic mass is 10.00. The van der Waals surface area contributed by atoms with Gasteiger partial charge in [-0.3, -0.25) is 4.90 Å². The van der Waals surface area contributed by atoms with Gasteiger partial charge >= 0.3 is 6.09 Å². The average Bonchev–Trinajstić information content (AvgIpc) is 2.40. The Morgan fingerprint density at radius 1 is 1.23 bits per heavy atom. The van der Waals surface area contributed by atoms with Gasteiger partial charge in [-0.05, 0) is 40.2 Å². The lowest BCUT2D eigenvalue weighted by Crippen LogP contribution is -2.55. The number of amides is 1. The summed E-state index contributed by atoms with van der Waals surface area (Å²) >= 11 is 0. The summed E-state index contributed by atoms with van der Waals surface area (Å²) in [4.78, 5) is 14.3. The molecule has 0 spiro atoms. The summed E-state index contributed by atoms with van der Waals surface area (Å²) in [6, 6.07) is 0.0762. The Hall–Kier alpha value is -0.810. The largest absolute Gasteiger partial charge is 0.444 e. The second kappa shape index (κ2) is 10.1. The lowest BCUT2D eigenvalue weighted by Gasteiger charge is -2.36. The summed E-state index contributed by atoms with van der Waals surface area (Å²) < 4.78 is 5.33. The third-order valence-corrected chi connectivity index (χ3v) is 4.09. The van der Waals surface area contributed by atoms with Gasteiger partial charge in [-0.15, -0.1) is 0 Å². The van der Waals surface area contributed by atoms with E-state index in [1.165, 1.54) is 0 Å². The van der Waals surface area contributed by atoms with Gasteiger partial charge in [0.1, 0.15) is 5.60 Å². The SMILES string of the molecule is CCC(CC)CN(CC)C(CN)C(C)NC(=O)OC(C)(C)C. The molecule has 0 aliphatic rings. The molecule has 0 aromatic heterocycles. The number of alkyl carbamates (subject to hydrolysis) is 1. The molecule has 0 saturated carbocycles. The maximum atomic E-state index is 11.9.